The van der Waals surface area contributed by atoms with Gasteiger partial charge in [0, 0.05) is 31.5 Å². The molecule has 2 aromatic heterocycles. The van der Waals surface area contributed by atoms with Gasteiger partial charge in [-0.3, -0.25) is 14.1 Å². The van der Waals surface area contributed by atoms with Crippen molar-refractivity contribution in [2.24, 2.45) is 5.92 Å². The Morgan fingerprint density at radius 1 is 1.45 bits per heavy atom. The minimum absolute atomic E-state index is 0.0268. The lowest BCUT2D eigenvalue weighted by molar-refractivity contribution is 0.219. The lowest BCUT2D eigenvalue weighted by atomic mass is 10.1. The van der Waals surface area contributed by atoms with Crippen molar-refractivity contribution in [1.29, 1.82) is 0 Å². The Bertz CT molecular complexity index is 680. The molecule has 0 aromatic carbocycles. The van der Waals surface area contributed by atoms with Crippen LogP contribution >= 0.6 is 0 Å². The number of hydrogen-bond donors (Lipinski definition) is 1. The molecule has 20 heavy (non-hydrogen) atoms. The van der Waals surface area contributed by atoms with Crippen molar-refractivity contribution in [3.63, 3.8) is 0 Å². The molecule has 3 heterocycles. The van der Waals surface area contributed by atoms with Crippen LogP contribution in [-0.2, 0) is 6.54 Å². The van der Waals surface area contributed by atoms with Gasteiger partial charge >= 0.3 is 0 Å². The fraction of sp³-hybridized carbons (Fsp3) is 0.467. The number of pyridine rings is 1. The number of hydrogen-bond acceptors (Lipinski definition) is 4. The highest BCUT2D eigenvalue weighted by molar-refractivity contribution is 5.40. The van der Waals surface area contributed by atoms with Gasteiger partial charge in [0.2, 0.25) is 0 Å². The van der Waals surface area contributed by atoms with Crippen molar-refractivity contribution in [2.45, 2.75) is 19.9 Å². The van der Waals surface area contributed by atoms with E-state index in [0.29, 0.717) is 18.1 Å². The number of nitrogens with zero attached hydrogens (tertiary/aromatic N) is 3. The first kappa shape index (κ1) is 13.3. The molecule has 1 saturated heterocycles. The standard InChI is InChI=1S/C15H19N3O2/c1-11-3-2-4-14-16-13(7-15(20)18(11)14)9-17-6-5-12(8-17)10-19/h2-4,7,12,19H,5-6,8-10H2,1H3. The molecule has 5 nitrogen and oxygen atoms in total. The van der Waals surface area contributed by atoms with E-state index in [1.807, 2.05) is 25.1 Å². The summed E-state index contributed by atoms with van der Waals surface area (Å²) in [4.78, 5) is 19.0. The minimum atomic E-state index is -0.0268. The van der Waals surface area contributed by atoms with Gasteiger partial charge in [0.15, 0.2) is 0 Å². The van der Waals surface area contributed by atoms with E-state index in [1.165, 1.54) is 0 Å². The van der Waals surface area contributed by atoms with Gasteiger partial charge in [-0.2, -0.15) is 0 Å². The molecule has 1 aliphatic rings. The van der Waals surface area contributed by atoms with E-state index < -0.39 is 0 Å². The molecule has 2 aromatic rings. The van der Waals surface area contributed by atoms with E-state index in [9.17, 15) is 9.90 Å². The molecule has 0 spiro atoms. The summed E-state index contributed by atoms with van der Waals surface area (Å²) in [6.45, 7) is 4.66. The first-order valence-corrected chi connectivity index (χ1v) is 6.99. The Labute approximate surface area is 117 Å². The van der Waals surface area contributed by atoms with E-state index in [2.05, 4.69) is 9.88 Å². The predicted molar refractivity (Wildman–Crippen MR) is 76.7 cm³/mol. The molecule has 0 radical (unpaired) electrons. The average molecular weight is 273 g/mol. The van der Waals surface area contributed by atoms with Crippen molar-refractivity contribution in [3.05, 3.63) is 46.0 Å². The summed E-state index contributed by atoms with van der Waals surface area (Å²) in [6, 6.07) is 7.30. The smallest absolute Gasteiger partial charge is 0.258 e. The Hall–Kier alpha value is -1.72. The van der Waals surface area contributed by atoms with Crippen molar-refractivity contribution in [3.8, 4) is 0 Å². The fourth-order valence-corrected chi connectivity index (χ4v) is 2.88. The maximum atomic E-state index is 12.2. The molecule has 1 fully saturated rings. The molecule has 0 saturated carbocycles. The zero-order chi connectivity index (χ0) is 14.1. The third-order valence-corrected chi connectivity index (χ3v) is 3.95. The number of rotatable bonds is 3. The van der Waals surface area contributed by atoms with Gasteiger partial charge in [-0.05, 0) is 37.9 Å². The quantitative estimate of drug-likeness (QED) is 0.899. The van der Waals surface area contributed by atoms with E-state index in [-0.39, 0.29) is 12.2 Å². The van der Waals surface area contributed by atoms with Crippen molar-refractivity contribution in [2.75, 3.05) is 19.7 Å². The summed E-state index contributed by atoms with van der Waals surface area (Å²) in [5, 5.41) is 9.17. The van der Waals surface area contributed by atoms with Gasteiger partial charge < -0.3 is 5.11 Å². The van der Waals surface area contributed by atoms with Gasteiger partial charge in [0.1, 0.15) is 5.65 Å². The zero-order valence-corrected chi connectivity index (χ0v) is 11.6. The van der Waals surface area contributed by atoms with E-state index in [1.54, 1.807) is 10.5 Å². The maximum absolute atomic E-state index is 12.2. The number of aromatic nitrogens is 2. The molecule has 0 bridgehead atoms. The van der Waals surface area contributed by atoms with Crippen LogP contribution in [0.2, 0.25) is 0 Å². The summed E-state index contributed by atoms with van der Waals surface area (Å²) in [6.07, 6.45) is 1.02. The second-order valence-electron chi connectivity index (χ2n) is 5.52. The average Bonchev–Trinajstić information content (AvgIpc) is 2.86. The van der Waals surface area contributed by atoms with Crippen LogP contribution in [0.15, 0.2) is 29.1 Å². The summed E-state index contributed by atoms with van der Waals surface area (Å²) < 4.78 is 1.63. The van der Waals surface area contributed by atoms with Crippen molar-refractivity contribution < 1.29 is 5.11 Å². The fourth-order valence-electron chi connectivity index (χ4n) is 2.88. The first-order chi connectivity index (χ1) is 9.67. The number of aliphatic hydroxyl groups is 1. The monoisotopic (exact) mass is 273 g/mol. The van der Waals surface area contributed by atoms with Crippen LogP contribution in [0.4, 0.5) is 0 Å². The normalized spacial score (nSPS) is 19.8. The Kier molecular flexibility index (Phi) is 3.54. The number of aryl methyl sites for hydroxylation is 1. The second kappa shape index (κ2) is 5.34. The second-order valence-corrected chi connectivity index (χ2v) is 5.52. The Balaban J connectivity index is 1.88. The van der Waals surface area contributed by atoms with Gasteiger partial charge in [0.05, 0.1) is 5.69 Å². The predicted octanol–water partition coefficient (Wildman–Crippen LogP) is 0.817. The van der Waals surface area contributed by atoms with Crippen LogP contribution in [0, 0.1) is 12.8 Å². The molecular formula is C15H19N3O2. The third-order valence-electron chi connectivity index (χ3n) is 3.95. The highest BCUT2D eigenvalue weighted by atomic mass is 16.3. The Morgan fingerprint density at radius 3 is 3.05 bits per heavy atom. The van der Waals surface area contributed by atoms with Crippen LogP contribution in [0.5, 0.6) is 0 Å². The van der Waals surface area contributed by atoms with Crippen LogP contribution < -0.4 is 5.56 Å². The molecule has 1 atom stereocenters. The molecule has 0 amide bonds. The molecular weight excluding hydrogens is 254 g/mol. The van der Waals surface area contributed by atoms with E-state index in [4.69, 9.17) is 0 Å². The van der Waals surface area contributed by atoms with Gasteiger partial charge in [-0.1, -0.05) is 6.07 Å². The van der Waals surface area contributed by atoms with Crippen molar-refractivity contribution in [1.82, 2.24) is 14.3 Å². The van der Waals surface area contributed by atoms with E-state index in [0.717, 1.165) is 30.9 Å². The summed E-state index contributed by atoms with van der Waals surface area (Å²) in [7, 11) is 0. The molecule has 1 aliphatic heterocycles. The topological polar surface area (TPSA) is 57.8 Å². The molecule has 1 unspecified atom stereocenters. The maximum Gasteiger partial charge on any atom is 0.258 e. The summed E-state index contributed by atoms with van der Waals surface area (Å²) in [5.41, 5.74) is 2.37. The van der Waals surface area contributed by atoms with Crippen LogP contribution in [0.1, 0.15) is 17.8 Å². The molecule has 106 valence electrons. The highest BCUT2D eigenvalue weighted by Crippen LogP contribution is 2.17. The van der Waals surface area contributed by atoms with Crippen LogP contribution in [0.3, 0.4) is 0 Å². The Morgan fingerprint density at radius 2 is 2.30 bits per heavy atom. The largest absolute Gasteiger partial charge is 0.396 e. The molecule has 1 N–H and O–H groups in total. The van der Waals surface area contributed by atoms with Gasteiger partial charge in [-0.15, -0.1) is 0 Å². The molecule has 0 aliphatic carbocycles. The number of aliphatic hydroxyl groups excluding tert-OH is 1. The lowest BCUT2D eigenvalue weighted by Gasteiger charge is -2.15. The summed E-state index contributed by atoms with van der Waals surface area (Å²) >= 11 is 0. The molecule has 5 heteroatoms. The minimum Gasteiger partial charge on any atom is -0.396 e. The summed E-state index contributed by atoms with van der Waals surface area (Å²) in [5.74, 6) is 0.360. The van der Waals surface area contributed by atoms with Gasteiger partial charge in [-0.25, -0.2) is 4.98 Å². The number of likely N-dealkylation sites (tertiary alicyclic amines) is 1. The van der Waals surface area contributed by atoms with Crippen molar-refractivity contribution >= 4 is 5.65 Å². The lowest BCUT2D eigenvalue weighted by Crippen LogP contribution is -2.24. The van der Waals surface area contributed by atoms with Crippen LogP contribution in [-0.4, -0.2) is 39.1 Å². The zero-order valence-electron chi connectivity index (χ0n) is 11.6. The SMILES string of the molecule is Cc1cccc2nc(CN3CCC(CO)C3)cc(=O)n12. The van der Waals surface area contributed by atoms with E-state index >= 15 is 0 Å². The number of fused-ring (bicyclic) bond motifs is 1. The first-order valence-electron chi connectivity index (χ1n) is 6.99. The van der Waals surface area contributed by atoms with Crippen LogP contribution in [0.25, 0.3) is 5.65 Å². The third kappa shape index (κ3) is 2.46. The highest BCUT2D eigenvalue weighted by Gasteiger charge is 2.22. The van der Waals surface area contributed by atoms with Gasteiger partial charge in [0.25, 0.3) is 5.56 Å². The molecule has 3 rings (SSSR count).